The Kier molecular flexibility index (Phi) is 3.45. The minimum atomic E-state index is -0.0521. The molecular weight excluding hydrogens is 210 g/mol. The SMILES string of the molecule is OC(CCC1CC1)C1(N2CCCC2)CCCC1. The van der Waals surface area contributed by atoms with Crippen LogP contribution in [0.5, 0.6) is 0 Å². The normalized spacial score (nSPS) is 30.9. The van der Waals surface area contributed by atoms with Crippen molar-refractivity contribution >= 4 is 0 Å². The molecular formula is C15H27NO. The van der Waals surface area contributed by atoms with Crippen LogP contribution in [-0.2, 0) is 0 Å². The second-order valence-corrected chi connectivity index (χ2v) is 6.54. The molecule has 0 bridgehead atoms. The summed E-state index contributed by atoms with van der Waals surface area (Å²) in [7, 11) is 0. The fourth-order valence-corrected chi connectivity index (χ4v) is 4.08. The van der Waals surface area contributed by atoms with Gasteiger partial charge in [-0.05, 0) is 57.5 Å². The highest BCUT2D eigenvalue weighted by Crippen LogP contribution is 2.43. The smallest absolute Gasteiger partial charge is 0.0723 e. The molecule has 1 heterocycles. The molecule has 1 atom stereocenters. The summed E-state index contributed by atoms with van der Waals surface area (Å²) < 4.78 is 0. The van der Waals surface area contributed by atoms with E-state index in [1.165, 1.54) is 70.9 Å². The van der Waals surface area contributed by atoms with Crippen molar-refractivity contribution in [1.29, 1.82) is 0 Å². The first-order chi connectivity index (χ1) is 8.31. The van der Waals surface area contributed by atoms with Crippen LogP contribution in [0.4, 0.5) is 0 Å². The van der Waals surface area contributed by atoms with E-state index in [0.717, 1.165) is 12.3 Å². The lowest BCUT2D eigenvalue weighted by Crippen LogP contribution is -2.53. The molecule has 17 heavy (non-hydrogen) atoms. The molecule has 2 heteroatoms. The number of rotatable bonds is 5. The van der Waals surface area contributed by atoms with Crippen molar-refractivity contribution < 1.29 is 5.11 Å². The van der Waals surface area contributed by atoms with Crippen LogP contribution in [0.2, 0.25) is 0 Å². The largest absolute Gasteiger partial charge is 0.391 e. The number of hydrogen-bond donors (Lipinski definition) is 1. The maximum absolute atomic E-state index is 10.7. The summed E-state index contributed by atoms with van der Waals surface area (Å²) in [5, 5.41) is 10.7. The van der Waals surface area contributed by atoms with Gasteiger partial charge in [-0.1, -0.05) is 25.7 Å². The van der Waals surface area contributed by atoms with E-state index in [1.807, 2.05) is 0 Å². The minimum absolute atomic E-state index is 0.0521. The maximum atomic E-state index is 10.7. The number of aliphatic hydroxyl groups excluding tert-OH is 1. The van der Waals surface area contributed by atoms with E-state index < -0.39 is 0 Å². The molecule has 2 saturated carbocycles. The lowest BCUT2D eigenvalue weighted by molar-refractivity contribution is -0.0235. The van der Waals surface area contributed by atoms with Gasteiger partial charge in [0.1, 0.15) is 0 Å². The molecule has 98 valence electrons. The van der Waals surface area contributed by atoms with E-state index in [-0.39, 0.29) is 11.6 Å². The van der Waals surface area contributed by atoms with Crippen molar-refractivity contribution in [2.75, 3.05) is 13.1 Å². The summed E-state index contributed by atoms with van der Waals surface area (Å²) in [5.74, 6) is 0.960. The Balaban J connectivity index is 1.64. The van der Waals surface area contributed by atoms with Crippen LogP contribution in [-0.4, -0.2) is 34.7 Å². The molecule has 0 aromatic rings. The van der Waals surface area contributed by atoms with E-state index in [2.05, 4.69) is 4.90 Å². The Hall–Kier alpha value is -0.0800. The van der Waals surface area contributed by atoms with Gasteiger partial charge in [0.15, 0.2) is 0 Å². The Bertz CT molecular complexity index is 250. The average Bonchev–Trinajstić information content (AvgIpc) is 2.86. The highest BCUT2D eigenvalue weighted by Gasteiger charge is 2.46. The van der Waals surface area contributed by atoms with E-state index in [4.69, 9.17) is 0 Å². The molecule has 0 amide bonds. The molecule has 1 N–H and O–H groups in total. The monoisotopic (exact) mass is 237 g/mol. The van der Waals surface area contributed by atoms with Gasteiger partial charge in [0.2, 0.25) is 0 Å². The zero-order chi connectivity index (χ0) is 11.7. The third kappa shape index (κ3) is 2.39. The third-order valence-corrected chi connectivity index (χ3v) is 5.37. The highest BCUT2D eigenvalue weighted by molar-refractivity contribution is 5.01. The summed E-state index contributed by atoms with van der Waals surface area (Å²) in [6.45, 7) is 2.47. The van der Waals surface area contributed by atoms with Gasteiger partial charge in [0, 0.05) is 5.54 Å². The maximum Gasteiger partial charge on any atom is 0.0723 e. The van der Waals surface area contributed by atoms with Crippen molar-refractivity contribution in [2.45, 2.75) is 75.9 Å². The van der Waals surface area contributed by atoms with Gasteiger partial charge in [0.05, 0.1) is 6.10 Å². The second kappa shape index (κ2) is 4.89. The van der Waals surface area contributed by atoms with E-state index in [0.29, 0.717) is 0 Å². The van der Waals surface area contributed by atoms with E-state index in [1.54, 1.807) is 0 Å². The predicted octanol–water partition coefficient (Wildman–Crippen LogP) is 2.95. The van der Waals surface area contributed by atoms with Crippen LogP contribution in [0.3, 0.4) is 0 Å². The van der Waals surface area contributed by atoms with Crippen molar-refractivity contribution in [3.05, 3.63) is 0 Å². The molecule has 3 aliphatic rings. The molecule has 3 fully saturated rings. The first kappa shape index (κ1) is 12.0. The molecule has 0 aromatic carbocycles. The Morgan fingerprint density at radius 2 is 1.71 bits per heavy atom. The summed E-state index contributed by atoms with van der Waals surface area (Å²) in [4.78, 5) is 2.64. The second-order valence-electron chi connectivity index (χ2n) is 6.54. The highest BCUT2D eigenvalue weighted by atomic mass is 16.3. The molecule has 0 aromatic heterocycles. The number of hydrogen-bond acceptors (Lipinski definition) is 2. The fourth-order valence-electron chi connectivity index (χ4n) is 4.08. The van der Waals surface area contributed by atoms with Gasteiger partial charge in [-0.25, -0.2) is 0 Å². The first-order valence-corrected chi connectivity index (χ1v) is 7.74. The van der Waals surface area contributed by atoms with Crippen LogP contribution in [0, 0.1) is 5.92 Å². The van der Waals surface area contributed by atoms with Crippen molar-refractivity contribution in [2.24, 2.45) is 5.92 Å². The molecule has 2 aliphatic carbocycles. The van der Waals surface area contributed by atoms with E-state index >= 15 is 0 Å². The van der Waals surface area contributed by atoms with Gasteiger partial charge in [-0.2, -0.15) is 0 Å². The quantitative estimate of drug-likeness (QED) is 0.794. The molecule has 0 radical (unpaired) electrons. The molecule has 1 saturated heterocycles. The standard InChI is InChI=1S/C15H27NO/c17-14(8-7-13-5-6-13)15(9-1-2-10-15)16-11-3-4-12-16/h13-14,17H,1-12H2. The number of likely N-dealkylation sites (tertiary alicyclic amines) is 1. The number of aliphatic hydroxyl groups is 1. The lowest BCUT2D eigenvalue weighted by atomic mass is 9.85. The topological polar surface area (TPSA) is 23.5 Å². The van der Waals surface area contributed by atoms with Gasteiger partial charge < -0.3 is 5.11 Å². The van der Waals surface area contributed by atoms with Gasteiger partial charge in [-0.15, -0.1) is 0 Å². The van der Waals surface area contributed by atoms with Crippen molar-refractivity contribution in [1.82, 2.24) is 4.90 Å². The summed E-state index contributed by atoms with van der Waals surface area (Å²) in [6.07, 6.45) is 13.0. The van der Waals surface area contributed by atoms with Crippen LogP contribution in [0.15, 0.2) is 0 Å². The van der Waals surface area contributed by atoms with Crippen LogP contribution >= 0.6 is 0 Å². The van der Waals surface area contributed by atoms with Crippen LogP contribution in [0.1, 0.15) is 64.2 Å². The zero-order valence-electron chi connectivity index (χ0n) is 11.0. The van der Waals surface area contributed by atoms with Gasteiger partial charge >= 0.3 is 0 Å². The number of nitrogens with zero attached hydrogens (tertiary/aromatic N) is 1. The summed E-state index contributed by atoms with van der Waals surface area (Å²) in [6, 6.07) is 0. The zero-order valence-corrected chi connectivity index (χ0v) is 11.0. The summed E-state index contributed by atoms with van der Waals surface area (Å²) in [5.41, 5.74) is 0.186. The van der Waals surface area contributed by atoms with Gasteiger partial charge in [-0.3, -0.25) is 4.90 Å². The molecule has 3 rings (SSSR count). The van der Waals surface area contributed by atoms with Crippen LogP contribution in [0.25, 0.3) is 0 Å². The Morgan fingerprint density at radius 3 is 2.29 bits per heavy atom. The van der Waals surface area contributed by atoms with Gasteiger partial charge in [0.25, 0.3) is 0 Å². The molecule has 0 spiro atoms. The first-order valence-electron chi connectivity index (χ1n) is 7.74. The lowest BCUT2D eigenvalue weighted by Gasteiger charge is -2.43. The molecule has 1 aliphatic heterocycles. The average molecular weight is 237 g/mol. The molecule has 2 nitrogen and oxygen atoms in total. The molecule has 1 unspecified atom stereocenters. The van der Waals surface area contributed by atoms with Crippen LogP contribution < -0.4 is 0 Å². The Morgan fingerprint density at radius 1 is 1.06 bits per heavy atom. The van der Waals surface area contributed by atoms with E-state index in [9.17, 15) is 5.11 Å². The minimum Gasteiger partial charge on any atom is -0.391 e. The fraction of sp³-hybridized carbons (Fsp3) is 1.00. The van der Waals surface area contributed by atoms with Crippen molar-refractivity contribution in [3.8, 4) is 0 Å². The predicted molar refractivity (Wildman–Crippen MR) is 70.0 cm³/mol. The third-order valence-electron chi connectivity index (χ3n) is 5.37. The summed E-state index contributed by atoms with van der Waals surface area (Å²) >= 11 is 0. The van der Waals surface area contributed by atoms with Crippen molar-refractivity contribution in [3.63, 3.8) is 0 Å². The Labute approximate surface area is 105 Å².